The van der Waals surface area contributed by atoms with Crippen molar-refractivity contribution in [2.24, 2.45) is 0 Å². The van der Waals surface area contributed by atoms with Crippen molar-refractivity contribution >= 4 is 61.5 Å². The molecule has 2 heterocycles. The molecule has 12 heteroatoms. The van der Waals surface area contributed by atoms with Gasteiger partial charge in [-0.05, 0) is 48.5 Å². The number of aromatic nitrogens is 1. The number of hydrogen-bond donors (Lipinski definition) is 2. The first-order valence-corrected chi connectivity index (χ1v) is 12.1. The van der Waals surface area contributed by atoms with Gasteiger partial charge in [0, 0.05) is 43.8 Å². The number of ether oxygens (including phenoxy) is 1. The maximum absolute atomic E-state index is 12.7. The summed E-state index contributed by atoms with van der Waals surface area (Å²) in [6.07, 6.45) is 0.136. The predicted octanol–water partition coefficient (Wildman–Crippen LogP) is 4.44. The third kappa shape index (κ3) is 5.01. The SMILES string of the molecule is O=C(Nc1ccc(Cl)cc1)O[C@H]1CCN(c2ccc(S(=O)(=O)Nc3nccs3)cc2)C1=O.[HH].[HH]. The Morgan fingerprint density at radius 2 is 1.91 bits per heavy atom. The molecule has 2 amide bonds. The third-order valence-electron chi connectivity index (χ3n) is 4.61. The van der Waals surface area contributed by atoms with Crippen molar-refractivity contribution in [2.45, 2.75) is 17.4 Å². The molecule has 0 saturated carbocycles. The molecular formula is C20H21ClN4O5S2. The van der Waals surface area contributed by atoms with E-state index in [1.165, 1.54) is 46.7 Å². The van der Waals surface area contributed by atoms with Crippen LogP contribution in [0.2, 0.25) is 5.02 Å². The van der Waals surface area contributed by atoms with E-state index in [2.05, 4.69) is 15.0 Å². The van der Waals surface area contributed by atoms with Crippen molar-refractivity contribution in [1.82, 2.24) is 4.98 Å². The number of anilines is 3. The molecule has 3 aromatic rings. The molecular weight excluding hydrogens is 476 g/mol. The number of nitrogens with one attached hydrogen (secondary N) is 2. The highest BCUT2D eigenvalue weighted by Crippen LogP contribution is 2.26. The van der Waals surface area contributed by atoms with E-state index >= 15 is 0 Å². The Bertz CT molecular complexity index is 1230. The van der Waals surface area contributed by atoms with Crippen LogP contribution in [0.5, 0.6) is 0 Å². The molecule has 0 unspecified atom stereocenters. The molecule has 0 spiro atoms. The zero-order valence-electron chi connectivity index (χ0n) is 16.4. The van der Waals surface area contributed by atoms with Crippen molar-refractivity contribution in [3.63, 3.8) is 0 Å². The van der Waals surface area contributed by atoms with Gasteiger partial charge in [0.1, 0.15) is 0 Å². The van der Waals surface area contributed by atoms with Gasteiger partial charge in [0.2, 0.25) is 0 Å². The van der Waals surface area contributed by atoms with Gasteiger partial charge in [-0.25, -0.2) is 18.2 Å². The van der Waals surface area contributed by atoms with E-state index in [0.29, 0.717) is 29.4 Å². The molecule has 1 fully saturated rings. The number of rotatable bonds is 6. The Morgan fingerprint density at radius 1 is 1.19 bits per heavy atom. The molecule has 4 rings (SSSR count). The predicted molar refractivity (Wildman–Crippen MR) is 126 cm³/mol. The van der Waals surface area contributed by atoms with Gasteiger partial charge in [0.25, 0.3) is 15.9 Å². The van der Waals surface area contributed by atoms with E-state index < -0.39 is 22.2 Å². The highest BCUT2D eigenvalue weighted by Gasteiger charge is 2.35. The monoisotopic (exact) mass is 496 g/mol. The fourth-order valence-electron chi connectivity index (χ4n) is 3.08. The smallest absolute Gasteiger partial charge is 0.412 e. The molecule has 0 bridgehead atoms. The minimum absolute atomic E-state index is 0. The van der Waals surface area contributed by atoms with E-state index in [9.17, 15) is 18.0 Å². The van der Waals surface area contributed by atoms with Gasteiger partial charge in [-0.3, -0.25) is 14.8 Å². The Kier molecular flexibility index (Phi) is 6.31. The molecule has 170 valence electrons. The topological polar surface area (TPSA) is 118 Å². The highest BCUT2D eigenvalue weighted by atomic mass is 35.5. The van der Waals surface area contributed by atoms with E-state index in [4.69, 9.17) is 16.3 Å². The number of carbonyl (C=O) groups excluding carboxylic acids is 2. The second-order valence-corrected chi connectivity index (χ2v) is 9.75. The molecule has 1 aliphatic rings. The van der Waals surface area contributed by atoms with Crippen LogP contribution in [0, 0.1) is 0 Å². The first-order chi connectivity index (χ1) is 15.3. The number of carbonyl (C=O) groups is 2. The van der Waals surface area contributed by atoms with Gasteiger partial charge in [-0.1, -0.05) is 11.6 Å². The summed E-state index contributed by atoms with van der Waals surface area (Å²) in [7, 11) is -3.79. The van der Waals surface area contributed by atoms with Crippen LogP contribution < -0.4 is 14.9 Å². The molecule has 1 aromatic heterocycles. The molecule has 1 aliphatic heterocycles. The summed E-state index contributed by atoms with van der Waals surface area (Å²) in [6, 6.07) is 12.3. The number of thiazole rings is 1. The average Bonchev–Trinajstić information content (AvgIpc) is 3.39. The maximum atomic E-state index is 12.7. The quantitative estimate of drug-likeness (QED) is 0.520. The summed E-state index contributed by atoms with van der Waals surface area (Å²) in [6.45, 7) is 0.335. The van der Waals surface area contributed by atoms with Crippen LogP contribution in [0.1, 0.15) is 9.27 Å². The molecule has 1 atom stereocenters. The molecule has 2 N–H and O–H groups in total. The summed E-state index contributed by atoms with van der Waals surface area (Å²) in [4.78, 5) is 30.2. The fourth-order valence-corrected chi connectivity index (χ4v) is 5.00. The van der Waals surface area contributed by atoms with Crippen LogP contribution in [0.25, 0.3) is 0 Å². The van der Waals surface area contributed by atoms with Gasteiger partial charge in [0.15, 0.2) is 11.2 Å². The molecule has 1 saturated heterocycles. The summed E-state index contributed by atoms with van der Waals surface area (Å²) < 4.78 is 32.5. The van der Waals surface area contributed by atoms with Crippen molar-refractivity contribution in [3.05, 3.63) is 65.1 Å². The summed E-state index contributed by atoms with van der Waals surface area (Å²) in [5.41, 5.74) is 0.997. The maximum Gasteiger partial charge on any atom is 0.412 e. The minimum atomic E-state index is -3.79. The van der Waals surface area contributed by atoms with Crippen molar-refractivity contribution in [3.8, 4) is 0 Å². The Balaban J connectivity index is 0.00000204. The van der Waals surface area contributed by atoms with Crippen molar-refractivity contribution in [1.29, 1.82) is 0 Å². The van der Waals surface area contributed by atoms with Crippen LogP contribution >= 0.6 is 22.9 Å². The summed E-state index contributed by atoms with van der Waals surface area (Å²) >= 11 is 6.98. The summed E-state index contributed by atoms with van der Waals surface area (Å²) in [5, 5.41) is 5.00. The Morgan fingerprint density at radius 3 is 2.56 bits per heavy atom. The van der Waals surface area contributed by atoms with Gasteiger partial charge < -0.3 is 9.64 Å². The van der Waals surface area contributed by atoms with Crippen LogP contribution in [0.3, 0.4) is 0 Å². The van der Waals surface area contributed by atoms with E-state index in [1.807, 2.05) is 0 Å². The Labute approximate surface area is 196 Å². The number of halogens is 1. The lowest BCUT2D eigenvalue weighted by atomic mass is 10.3. The minimum Gasteiger partial charge on any atom is -0.436 e. The summed E-state index contributed by atoms with van der Waals surface area (Å²) in [5.74, 6) is -0.382. The molecule has 32 heavy (non-hydrogen) atoms. The van der Waals surface area contributed by atoms with E-state index in [1.54, 1.807) is 29.6 Å². The molecule has 0 aliphatic carbocycles. The number of nitrogens with zero attached hydrogens (tertiary/aromatic N) is 2. The van der Waals surface area contributed by atoms with Gasteiger partial charge in [0.05, 0.1) is 4.90 Å². The molecule has 0 radical (unpaired) electrons. The highest BCUT2D eigenvalue weighted by molar-refractivity contribution is 7.93. The standard InChI is InChI=1S/C20H17ClN4O5S2.2H2/c21-13-1-3-14(4-2-13)23-20(27)30-17-9-11-25(18(17)26)15-5-7-16(8-6-15)32(28,29)24-19-22-10-12-31-19;;/h1-8,10,12,17H,9,11H2,(H,22,24)(H,23,27);2*1H/t17-;;/m0../s1. The lowest BCUT2D eigenvalue weighted by Crippen LogP contribution is -2.33. The first-order valence-electron chi connectivity index (χ1n) is 9.39. The van der Waals surface area contributed by atoms with Gasteiger partial charge in [-0.15, -0.1) is 11.3 Å². The third-order valence-corrected chi connectivity index (χ3v) is 7.03. The second-order valence-electron chi connectivity index (χ2n) is 6.74. The van der Waals surface area contributed by atoms with Gasteiger partial charge in [-0.2, -0.15) is 0 Å². The lowest BCUT2D eigenvalue weighted by Gasteiger charge is -2.17. The number of benzene rings is 2. The van der Waals surface area contributed by atoms with Crippen molar-refractivity contribution < 1.29 is 25.6 Å². The van der Waals surface area contributed by atoms with E-state index in [0.717, 1.165) is 0 Å². The second kappa shape index (κ2) is 9.15. The largest absolute Gasteiger partial charge is 0.436 e. The van der Waals surface area contributed by atoms with Crippen molar-refractivity contribution in [2.75, 3.05) is 21.5 Å². The van der Waals surface area contributed by atoms with Crippen LogP contribution in [-0.2, 0) is 19.6 Å². The number of hydrogen-bond acceptors (Lipinski definition) is 7. The van der Waals surface area contributed by atoms with Crippen LogP contribution in [0.15, 0.2) is 65.0 Å². The van der Waals surface area contributed by atoms with Crippen LogP contribution in [-0.4, -0.2) is 38.1 Å². The zero-order chi connectivity index (χ0) is 22.7. The van der Waals surface area contributed by atoms with E-state index in [-0.39, 0.29) is 18.8 Å². The Hall–Kier alpha value is -3.15. The zero-order valence-corrected chi connectivity index (χ0v) is 18.8. The average molecular weight is 497 g/mol. The first kappa shape index (κ1) is 22.1. The van der Waals surface area contributed by atoms with Gasteiger partial charge >= 0.3 is 6.09 Å². The number of sulfonamides is 1. The fraction of sp³-hybridized carbons (Fsp3) is 0.150. The molecule has 2 aromatic carbocycles. The molecule has 9 nitrogen and oxygen atoms in total. The van der Waals surface area contributed by atoms with Crippen LogP contribution in [0.4, 0.5) is 21.3 Å². The number of amides is 2. The lowest BCUT2D eigenvalue weighted by molar-refractivity contribution is -0.124. The normalized spacial score (nSPS) is 16.1.